The van der Waals surface area contributed by atoms with Crippen molar-refractivity contribution in [2.75, 3.05) is 6.61 Å². The van der Waals surface area contributed by atoms with Crippen LogP contribution in [0.4, 0.5) is 0 Å². The van der Waals surface area contributed by atoms with E-state index in [1.807, 2.05) is 91.1 Å². The monoisotopic (exact) mass is 842 g/mol. The van der Waals surface area contributed by atoms with E-state index in [1.54, 1.807) is 0 Å². The van der Waals surface area contributed by atoms with Gasteiger partial charge >= 0.3 is 5.97 Å². The zero-order valence-electron chi connectivity index (χ0n) is 38.7. The van der Waals surface area contributed by atoms with Crippen LogP contribution < -0.4 is 5.32 Å². The highest BCUT2D eigenvalue weighted by Gasteiger charge is 2.24. The van der Waals surface area contributed by atoms with E-state index in [0.717, 1.165) is 83.5 Å². The second-order valence-electron chi connectivity index (χ2n) is 15.7. The molecular weight excluding hydrogens is 755 g/mol. The van der Waals surface area contributed by atoms with Gasteiger partial charge in [0, 0.05) is 6.42 Å². The lowest BCUT2D eigenvalue weighted by Crippen LogP contribution is -2.46. The van der Waals surface area contributed by atoms with Crippen LogP contribution in [0.5, 0.6) is 0 Å². The molecule has 1 amide bonds. The molecule has 3 unspecified atom stereocenters. The number of aliphatic hydroxyl groups excluding tert-OH is 2. The molecule has 3 atom stereocenters. The van der Waals surface area contributed by atoms with Gasteiger partial charge in [0.2, 0.25) is 5.91 Å². The van der Waals surface area contributed by atoms with Crippen LogP contribution in [0.1, 0.15) is 175 Å². The molecule has 0 aliphatic carbocycles. The van der Waals surface area contributed by atoms with Crippen LogP contribution in [-0.2, 0) is 14.3 Å². The quantitative estimate of drug-likeness (QED) is 0.0324. The molecule has 0 radical (unpaired) electrons. The summed E-state index contributed by atoms with van der Waals surface area (Å²) in [5, 5.41) is 23.6. The van der Waals surface area contributed by atoms with E-state index in [9.17, 15) is 19.8 Å². The van der Waals surface area contributed by atoms with Crippen LogP contribution in [0.3, 0.4) is 0 Å². The minimum absolute atomic E-state index is 0.00572. The number of aliphatic hydroxyl groups is 2. The highest BCUT2D eigenvalue weighted by atomic mass is 16.5. The number of hydrogen-bond donors (Lipinski definition) is 3. The van der Waals surface area contributed by atoms with Crippen molar-refractivity contribution in [1.82, 2.24) is 5.32 Å². The molecule has 0 fully saturated rings. The van der Waals surface area contributed by atoms with Crippen molar-refractivity contribution in [1.29, 1.82) is 0 Å². The van der Waals surface area contributed by atoms with Gasteiger partial charge in [-0.25, -0.2) is 0 Å². The number of carbonyl (C=O) groups excluding carboxylic acids is 2. The van der Waals surface area contributed by atoms with E-state index in [0.29, 0.717) is 19.3 Å². The van der Waals surface area contributed by atoms with Crippen molar-refractivity contribution in [2.24, 2.45) is 0 Å². The second kappa shape index (κ2) is 47.1. The van der Waals surface area contributed by atoms with Gasteiger partial charge in [-0.2, -0.15) is 0 Å². The number of esters is 1. The molecule has 342 valence electrons. The van der Waals surface area contributed by atoms with E-state index >= 15 is 0 Å². The van der Waals surface area contributed by atoms with E-state index < -0.39 is 18.2 Å². The van der Waals surface area contributed by atoms with E-state index in [4.69, 9.17) is 4.74 Å². The summed E-state index contributed by atoms with van der Waals surface area (Å²) in [5.41, 5.74) is 0. The van der Waals surface area contributed by atoms with Crippen LogP contribution in [0.2, 0.25) is 0 Å². The molecule has 0 heterocycles. The fraction of sp³-hybridized carbons (Fsp3) is 0.564. The summed E-state index contributed by atoms with van der Waals surface area (Å²) < 4.78 is 5.87. The number of carbonyl (C=O) groups is 2. The summed E-state index contributed by atoms with van der Waals surface area (Å²) in [7, 11) is 0. The van der Waals surface area contributed by atoms with E-state index in [2.05, 4.69) is 68.6 Å². The van der Waals surface area contributed by atoms with Crippen molar-refractivity contribution >= 4 is 11.9 Å². The van der Waals surface area contributed by atoms with Crippen LogP contribution in [0.15, 0.2) is 134 Å². The average Bonchev–Trinajstić information content (AvgIpc) is 3.25. The molecule has 0 saturated heterocycles. The first-order chi connectivity index (χ1) is 30.0. The third-order valence-corrected chi connectivity index (χ3v) is 9.98. The van der Waals surface area contributed by atoms with Crippen molar-refractivity contribution in [2.45, 2.75) is 193 Å². The van der Waals surface area contributed by atoms with Gasteiger partial charge in [-0.05, 0) is 57.8 Å². The molecule has 6 heteroatoms. The summed E-state index contributed by atoms with van der Waals surface area (Å²) in [6, 6.07) is -0.740. The third kappa shape index (κ3) is 42.5. The number of hydrogen-bond acceptors (Lipinski definition) is 5. The van der Waals surface area contributed by atoms with Crippen molar-refractivity contribution < 1.29 is 24.5 Å². The normalized spacial score (nSPS) is 14.5. The largest absolute Gasteiger partial charge is 0.462 e. The average molecular weight is 842 g/mol. The van der Waals surface area contributed by atoms with Crippen molar-refractivity contribution in [3.05, 3.63) is 134 Å². The van der Waals surface area contributed by atoms with Crippen LogP contribution >= 0.6 is 0 Å². The van der Waals surface area contributed by atoms with E-state index in [-0.39, 0.29) is 24.9 Å². The number of allylic oxidation sites excluding steroid dienone is 22. The lowest BCUT2D eigenvalue weighted by atomic mass is 10.0. The Morgan fingerprint density at radius 1 is 0.492 bits per heavy atom. The molecule has 0 aromatic heterocycles. The summed E-state index contributed by atoms with van der Waals surface area (Å²) >= 11 is 0. The first-order valence-corrected chi connectivity index (χ1v) is 24.1. The predicted molar refractivity (Wildman–Crippen MR) is 263 cm³/mol. The lowest BCUT2D eigenvalue weighted by molar-refractivity contribution is -0.151. The fourth-order valence-corrected chi connectivity index (χ4v) is 6.38. The zero-order valence-corrected chi connectivity index (χ0v) is 38.7. The first-order valence-electron chi connectivity index (χ1n) is 24.1. The molecule has 0 rings (SSSR count). The van der Waals surface area contributed by atoms with Gasteiger partial charge in [0.15, 0.2) is 0 Å². The highest BCUT2D eigenvalue weighted by Crippen LogP contribution is 2.16. The van der Waals surface area contributed by atoms with Gasteiger partial charge in [-0.1, -0.05) is 238 Å². The third-order valence-electron chi connectivity index (χ3n) is 9.98. The van der Waals surface area contributed by atoms with E-state index in [1.165, 1.54) is 44.9 Å². The maximum absolute atomic E-state index is 13.1. The Morgan fingerprint density at radius 2 is 0.934 bits per heavy atom. The molecule has 6 nitrogen and oxygen atoms in total. The molecule has 0 spiro atoms. The number of amides is 1. The van der Waals surface area contributed by atoms with Gasteiger partial charge in [-0.15, -0.1) is 0 Å². The Morgan fingerprint density at radius 3 is 1.44 bits per heavy atom. The maximum atomic E-state index is 13.1. The first kappa shape index (κ1) is 57.0. The molecule has 0 saturated carbocycles. The Labute approximate surface area is 373 Å². The Kier molecular flexibility index (Phi) is 44.0. The molecule has 0 aliphatic heterocycles. The summed E-state index contributed by atoms with van der Waals surface area (Å²) in [6.07, 6.45) is 66.5. The summed E-state index contributed by atoms with van der Waals surface area (Å²) in [6.45, 7) is 6.17. The molecular formula is C55H87NO5. The fourth-order valence-electron chi connectivity index (χ4n) is 6.38. The number of rotatable bonds is 40. The van der Waals surface area contributed by atoms with Crippen LogP contribution in [0.25, 0.3) is 0 Å². The SMILES string of the molecule is CC\C=C/C=C/C=C/C=C\C=C\C=C\CCCC(CC(=O)NC(CO)C(O)CCCCCCCCCCC)OC(=O)CCCCCCC/C=C/C=C/C=C/C=C/C=C/CCC. The van der Waals surface area contributed by atoms with Crippen molar-refractivity contribution in [3.63, 3.8) is 0 Å². The Balaban J connectivity index is 4.83. The lowest BCUT2D eigenvalue weighted by Gasteiger charge is -2.24. The Bertz CT molecular complexity index is 1360. The molecule has 3 N–H and O–H groups in total. The van der Waals surface area contributed by atoms with Crippen molar-refractivity contribution in [3.8, 4) is 0 Å². The molecule has 0 aromatic rings. The summed E-state index contributed by atoms with van der Waals surface area (Å²) in [4.78, 5) is 26.1. The molecule has 61 heavy (non-hydrogen) atoms. The van der Waals surface area contributed by atoms with Gasteiger partial charge in [0.25, 0.3) is 0 Å². The Hall–Kier alpha value is -4.00. The minimum atomic E-state index is -0.820. The number of ether oxygens (including phenoxy) is 1. The molecule has 0 aliphatic rings. The zero-order chi connectivity index (χ0) is 44.5. The van der Waals surface area contributed by atoms with Gasteiger partial charge in [-0.3, -0.25) is 9.59 Å². The summed E-state index contributed by atoms with van der Waals surface area (Å²) in [5.74, 6) is -0.597. The van der Waals surface area contributed by atoms with Crippen LogP contribution in [-0.4, -0.2) is 46.9 Å². The maximum Gasteiger partial charge on any atom is 0.306 e. The molecule has 0 bridgehead atoms. The number of unbranched alkanes of at least 4 members (excludes halogenated alkanes) is 15. The highest BCUT2D eigenvalue weighted by molar-refractivity contribution is 5.77. The smallest absolute Gasteiger partial charge is 0.306 e. The molecule has 0 aromatic carbocycles. The second-order valence-corrected chi connectivity index (χ2v) is 15.7. The van der Waals surface area contributed by atoms with Gasteiger partial charge in [0.1, 0.15) is 6.10 Å². The number of nitrogens with one attached hydrogen (secondary N) is 1. The van der Waals surface area contributed by atoms with Gasteiger partial charge < -0.3 is 20.3 Å². The minimum Gasteiger partial charge on any atom is -0.462 e. The van der Waals surface area contributed by atoms with Crippen LogP contribution in [0, 0.1) is 0 Å². The van der Waals surface area contributed by atoms with Gasteiger partial charge in [0.05, 0.1) is 25.2 Å². The predicted octanol–water partition coefficient (Wildman–Crippen LogP) is 14.3. The standard InChI is InChI=1S/C55H87NO5/c1-4-7-10-13-16-19-21-23-25-26-27-29-31-33-36-39-42-45-48-55(60)61-51(46-43-40-37-35-32-30-28-24-22-20-17-14-11-8-5-2)49-54(59)56-52(50-57)53(58)47-44-41-38-34-18-15-12-9-6-3/h8,10-11,13-14,16-17,19-30,32,35,37,51-53,57-58H,4-7,9,12,15,18,31,33-34,36,38-50H2,1-3H3,(H,56,59)/b11-8-,13-10+,17-14+,19-16+,22-20+,23-21+,26-25+,28-24-,29-27+,32-30+,37-35+. The topological polar surface area (TPSA) is 95.9 Å².